The molecule has 0 aromatic carbocycles. The largest absolute Gasteiger partial charge is 0.380 e. The maximum atomic E-state index is 5.41. The maximum absolute atomic E-state index is 5.41. The van der Waals surface area contributed by atoms with E-state index in [9.17, 15) is 0 Å². The molecule has 84 valence electrons. The van der Waals surface area contributed by atoms with Crippen LogP contribution < -0.4 is 5.32 Å². The molecule has 2 heterocycles. The van der Waals surface area contributed by atoms with Crippen LogP contribution in [0.25, 0.3) is 0 Å². The fourth-order valence-corrected chi connectivity index (χ4v) is 1.89. The Bertz CT molecular complexity index is 255. The molecule has 0 spiro atoms. The molecule has 1 saturated heterocycles. The quantitative estimate of drug-likeness (QED) is 0.736. The molecular formula is C11H19N3O. The number of rotatable bonds is 5. The highest BCUT2D eigenvalue weighted by atomic mass is 16.5. The van der Waals surface area contributed by atoms with Gasteiger partial charge in [-0.3, -0.25) is 0 Å². The van der Waals surface area contributed by atoms with Crippen molar-refractivity contribution >= 4 is 0 Å². The molecular weight excluding hydrogens is 190 g/mol. The Morgan fingerprint density at radius 1 is 1.53 bits per heavy atom. The predicted molar refractivity (Wildman–Crippen MR) is 58.7 cm³/mol. The summed E-state index contributed by atoms with van der Waals surface area (Å²) in [5.74, 6) is 0. The van der Waals surface area contributed by atoms with Crippen LogP contribution in [0.2, 0.25) is 0 Å². The molecule has 1 atom stereocenters. The maximum Gasteiger partial charge on any atom is 0.0945 e. The third kappa shape index (κ3) is 3.64. The monoisotopic (exact) mass is 209 g/mol. The first-order chi connectivity index (χ1) is 7.45. The minimum absolute atomic E-state index is 0.571. The van der Waals surface area contributed by atoms with Gasteiger partial charge in [-0.1, -0.05) is 0 Å². The van der Waals surface area contributed by atoms with Crippen LogP contribution in [0.4, 0.5) is 0 Å². The Kier molecular flexibility index (Phi) is 4.17. The lowest BCUT2D eigenvalue weighted by Crippen LogP contribution is -2.37. The lowest BCUT2D eigenvalue weighted by molar-refractivity contribution is 0.0704. The number of hydrogen-bond donors (Lipinski definition) is 1. The SMILES string of the molecule is c1cn(CCCNC2CCCOC2)cn1. The third-order valence-electron chi connectivity index (χ3n) is 2.75. The van der Waals surface area contributed by atoms with E-state index in [2.05, 4.69) is 14.9 Å². The van der Waals surface area contributed by atoms with Gasteiger partial charge in [0.1, 0.15) is 0 Å². The van der Waals surface area contributed by atoms with Crippen molar-refractivity contribution in [2.45, 2.75) is 31.8 Å². The van der Waals surface area contributed by atoms with Crippen molar-refractivity contribution in [3.8, 4) is 0 Å². The fourth-order valence-electron chi connectivity index (χ4n) is 1.89. The zero-order valence-corrected chi connectivity index (χ0v) is 9.06. The van der Waals surface area contributed by atoms with E-state index in [1.807, 2.05) is 18.7 Å². The van der Waals surface area contributed by atoms with Crippen molar-refractivity contribution in [1.82, 2.24) is 14.9 Å². The van der Waals surface area contributed by atoms with Crippen molar-refractivity contribution in [3.63, 3.8) is 0 Å². The number of imidazole rings is 1. The van der Waals surface area contributed by atoms with Crippen LogP contribution in [0.5, 0.6) is 0 Å². The fraction of sp³-hybridized carbons (Fsp3) is 0.727. The van der Waals surface area contributed by atoms with Gasteiger partial charge in [0.25, 0.3) is 0 Å². The first kappa shape index (κ1) is 10.6. The molecule has 1 aromatic rings. The molecule has 0 amide bonds. The number of nitrogens with one attached hydrogen (secondary N) is 1. The predicted octanol–water partition coefficient (Wildman–Crippen LogP) is 1.04. The molecule has 0 aliphatic carbocycles. The second-order valence-electron chi connectivity index (χ2n) is 4.02. The molecule has 1 aliphatic rings. The summed E-state index contributed by atoms with van der Waals surface area (Å²) >= 11 is 0. The summed E-state index contributed by atoms with van der Waals surface area (Å²) in [5, 5.41) is 3.53. The molecule has 0 radical (unpaired) electrons. The van der Waals surface area contributed by atoms with Gasteiger partial charge in [0.2, 0.25) is 0 Å². The molecule has 15 heavy (non-hydrogen) atoms. The summed E-state index contributed by atoms with van der Waals surface area (Å²) in [6.07, 6.45) is 9.28. The minimum Gasteiger partial charge on any atom is -0.380 e. The van der Waals surface area contributed by atoms with Crippen LogP contribution in [0, 0.1) is 0 Å². The summed E-state index contributed by atoms with van der Waals surface area (Å²) in [4.78, 5) is 4.01. The van der Waals surface area contributed by atoms with Gasteiger partial charge in [-0.2, -0.15) is 0 Å². The average molecular weight is 209 g/mol. The molecule has 0 bridgehead atoms. The zero-order valence-electron chi connectivity index (χ0n) is 9.06. The van der Waals surface area contributed by atoms with E-state index >= 15 is 0 Å². The normalized spacial score (nSPS) is 21.7. The summed E-state index contributed by atoms with van der Waals surface area (Å²) in [6.45, 7) is 3.92. The average Bonchev–Trinajstić information content (AvgIpc) is 2.79. The van der Waals surface area contributed by atoms with Crippen molar-refractivity contribution in [3.05, 3.63) is 18.7 Å². The van der Waals surface area contributed by atoms with Crippen LogP contribution in [0.15, 0.2) is 18.7 Å². The topological polar surface area (TPSA) is 39.1 Å². The van der Waals surface area contributed by atoms with Gasteiger partial charge >= 0.3 is 0 Å². The second kappa shape index (κ2) is 5.88. The molecule has 1 N–H and O–H groups in total. The Balaban J connectivity index is 1.54. The van der Waals surface area contributed by atoms with Gasteiger partial charge in [0.05, 0.1) is 12.9 Å². The lowest BCUT2D eigenvalue weighted by atomic mass is 10.1. The van der Waals surface area contributed by atoms with Crippen LogP contribution in [0.3, 0.4) is 0 Å². The van der Waals surface area contributed by atoms with Crippen molar-refractivity contribution in [1.29, 1.82) is 0 Å². The number of aryl methyl sites for hydroxylation is 1. The second-order valence-corrected chi connectivity index (χ2v) is 4.02. The highest BCUT2D eigenvalue weighted by Gasteiger charge is 2.11. The summed E-state index contributed by atoms with van der Waals surface area (Å²) in [5.41, 5.74) is 0. The first-order valence-electron chi connectivity index (χ1n) is 5.72. The summed E-state index contributed by atoms with van der Waals surface area (Å²) in [7, 11) is 0. The van der Waals surface area contributed by atoms with Gasteiger partial charge in [-0.25, -0.2) is 4.98 Å². The van der Waals surface area contributed by atoms with E-state index in [0.717, 1.165) is 32.7 Å². The van der Waals surface area contributed by atoms with Gasteiger partial charge < -0.3 is 14.6 Å². The first-order valence-corrected chi connectivity index (χ1v) is 5.72. The minimum atomic E-state index is 0.571. The van der Waals surface area contributed by atoms with Crippen LogP contribution >= 0.6 is 0 Å². The summed E-state index contributed by atoms with van der Waals surface area (Å²) in [6, 6.07) is 0.571. The Labute approximate surface area is 90.6 Å². The van der Waals surface area contributed by atoms with Gasteiger partial charge in [-0.15, -0.1) is 0 Å². The van der Waals surface area contributed by atoms with E-state index in [4.69, 9.17) is 4.74 Å². The van der Waals surface area contributed by atoms with E-state index in [-0.39, 0.29) is 0 Å². The third-order valence-corrected chi connectivity index (χ3v) is 2.75. The van der Waals surface area contributed by atoms with Gasteiger partial charge in [-0.05, 0) is 25.8 Å². The molecule has 4 heteroatoms. The van der Waals surface area contributed by atoms with Gasteiger partial charge in [0.15, 0.2) is 0 Å². The number of hydrogen-bond acceptors (Lipinski definition) is 3. The summed E-state index contributed by atoms with van der Waals surface area (Å²) < 4.78 is 7.52. The van der Waals surface area contributed by atoms with E-state index < -0.39 is 0 Å². The van der Waals surface area contributed by atoms with E-state index in [1.165, 1.54) is 12.8 Å². The molecule has 1 unspecified atom stereocenters. The Morgan fingerprint density at radius 3 is 3.27 bits per heavy atom. The van der Waals surface area contributed by atoms with E-state index in [0.29, 0.717) is 6.04 Å². The lowest BCUT2D eigenvalue weighted by Gasteiger charge is -2.23. The Hall–Kier alpha value is -0.870. The zero-order chi connectivity index (χ0) is 10.3. The van der Waals surface area contributed by atoms with Crippen LogP contribution in [0.1, 0.15) is 19.3 Å². The molecule has 1 fully saturated rings. The number of ether oxygens (including phenoxy) is 1. The highest BCUT2D eigenvalue weighted by molar-refractivity contribution is 4.74. The standard InChI is InChI=1S/C11H19N3O/c1-3-11(9-15-8-1)13-4-2-6-14-7-5-12-10-14/h5,7,10-11,13H,1-4,6,8-9H2. The number of aromatic nitrogens is 2. The smallest absolute Gasteiger partial charge is 0.0945 e. The molecule has 4 nitrogen and oxygen atoms in total. The Morgan fingerprint density at radius 2 is 2.53 bits per heavy atom. The number of nitrogens with zero attached hydrogens (tertiary/aromatic N) is 2. The van der Waals surface area contributed by atoms with Crippen LogP contribution in [-0.4, -0.2) is 35.4 Å². The van der Waals surface area contributed by atoms with Crippen molar-refractivity contribution in [2.24, 2.45) is 0 Å². The van der Waals surface area contributed by atoms with Crippen LogP contribution in [-0.2, 0) is 11.3 Å². The molecule has 1 aliphatic heterocycles. The molecule has 1 aromatic heterocycles. The van der Waals surface area contributed by atoms with E-state index in [1.54, 1.807) is 0 Å². The van der Waals surface area contributed by atoms with Crippen molar-refractivity contribution in [2.75, 3.05) is 19.8 Å². The molecule has 2 rings (SSSR count). The molecule has 0 saturated carbocycles. The van der Waals surface area contributed by atoms with Crippen molar-refractivity contribution < 1.29 is 4.74 Å². The van der Waals surface area contributed by atoms with Gasteiger partial charge in [0, 0.05) is 31.6 Å². The highest BCUT2D eigenvalue weighted by Crippen LogP contribution is 2.05.